The third-order valence-corrected chi connectivity index (χ3v) is 3.15. The first-order valence-electron chi connectivity index (χ1n) is 6.03. The normalized spacial score (nSPS) is 14.9. The third-order valence-electron chi connectivity index (χ3n) is 2.96. The van der Waals surface area contributed by atoms with Crippen LogP contribution < -0.4 is 0 Å². The maximum atomic E-state index is 6.19. The lowest BCUT2D eigenvalue weighted by Crippen LogP contribution is -2.17. The zero-order valence-corrected chi connectivity index (χ0v) is 11.9. The number of aromatic nitrogens is 3. The number of alkyl halides is 1. The Labute approximate surface area is 112 Å². The van der Waals surface area contributed by atoms with Gasteiger partial charge in [0.05, 0.1) is 18.0 Å². The highest BCUT2D eigenvalue weighted by Crippen LogP contribution is 2.24. The molecule has 0 aromatic carbocycles. The van der Waals surface area contributed by atoms with E-state index in [9.17, 15) is 0 Å². The van der Waals surface area contributed by atoms with Crippen LogP contribution in [0.2, 0.25) is 0 Å². The number of nitrogens with zero attached hydrogens (tertiary/aromatic N) is 3. The second kappa shape index (κ2) is 5.24. The van der Waals surface area contributed by atoms with E-state index in [0.29, 0.717) is 6.54 Å². The van der Waals surface area contributed by atoms with Gasteiger partial charge in [-0.05, 0) is 32.9 Å². The molecule has 0 saturated carbocycles. The van der Waals surface area contributed by atoms with E-state index in [1.54, 1.807) is 7.11 Å². The van der Waals surface area contributed by atoms with Crippen LogP contribution in [-0.2, 0) is 11.3 Å². The fourth-order valence-corrected chi connectivity index (χ4v) is 2.10. The lowest BCUT2D eigenvalue weighted by molar-refractivity contribution is 0.103. The van der Waals surface area contributed by atoms with Gasteiger partial charge in [0.2, 0.25) is 0 Å². The second-order valence-electron chi connectivity index (χ2n) is 4.54. The van der Waals surface area contributed by atoms with Gasteiger partial charge < -0.3 is 9.30 Å². The molecule has 5 heteroatoms. The number of pyridine rings is 1. The number of rotatable bonds is 4. The number of halogens is 1. The van der Waals surface area contributed by atoms with Crippen molar-refractivity contribution in [2.24, 2.45) is 0 Å². The van der Waals surface area contributed by atoms with Crippen molar-refractivity contribution >= 4 is 22.8 Å². The molecule has 0 spiro atoms. The number of imidazole rings is 1. The van der Waals surface area contributed by atoms with E-state index in [2.05, 4.69) is 9.97 Å². The van der Waals surface area contributed by atoms with Gasteiger partial charge >= 0.3 is 0 Å². The highest BCUT2D eigenvalue weighted by Gasteiger charge is 2.17. The third kappa shape index (κ3) is 2.49. The molecule has 2 rings (SSSR count). The number of ether oxygens (including phenoxy) is 1. The number of hydrogen-bond donors (Lipinski definition) is 0. The van der Waals surface area contributed by atoms with Gasteiger partial charge in [0.25, 0.3) is 0 Å². The molecule has 2 unspecified atom stereocenters. The number of methoxy groups -OCH3 is 1. The van der Waals surface area contributed by atoms with Crippen molar-refractivity contribution < 1.29 is 4.74 Å². The molecule has 0 aliphatic heterocycles. The van der Waals surface area contributed by atoms with Gasteiger partial charge in [0.1, 0.15) is 11.3 Å². The smallest absolute Gasteiger partial charge is 0.160 e. The van der Waals surface area contributed by atoms with Gasteiger partial charge in [-0.25, -0.2) is 9.97 Å². The van der Waals surface area contributed by atoms with Crippen molar-refractivity contribution in [3.63, 3.8) is 0 Å². The van der Waals surface area contributed by atoms with Crippen molar-refractivity contribution in [1.29, 1.82) is 0 Å². The minimum atomic E-state index is -0.149. The summed E-state index contributed by atoms with van der Waals surface area (Å²) >= 11 is 6.19. The Bertz CT molecular complexity index is 550. The molecule has 0 amide bonds. The minimum absolute atomic E-state index is 0.0962. The van der Waals surface area contributed by atoms with Crippen LogP contribution in [-0.4, -0.2) is 27.7 Å². The molecular weight excluding hydrogens is 250 g/mol. The lowest BCUT2D eigenvalue weighted by atomic mass is 10.3. The molecule has 0 N–H and O–H groups in total. The quantitative estimate of drug-likeness (QED) is 0.800. The van der Waals surface area contributed by atoms with E-state index in [1.807, 2.05) is 37.5 Å². The maximum absolute atomic E-state index is 6.19. The van der Waals surface area contributed by atoms with Crippen LogP contribution in [0.3, 0.4) is 0 Å². The predicted molar refractivity (Wildman–Crippen MR) is 73.0 cm³/mol. The summed E-state index contributed by atoms with van der Waals surface area (Å²) in [6.07, 6.45) is 0.0962. The molecule has 18 heavy (non-hydrogen) atoms. The van der Waals surface area contributed by atoms with Crippen LogP contribution in [0, 0.1) is 6.92 Å². The Balaban J connectivity index is 2.57. The van der Waals surface area contributed by atoms with Gasteiger partial charge in [0.15, 0.2) is 5.65 Å². The second-order valence-corrected chi connectivity index (χ2v) is 5.19. The standard InChI is InChI=1S/C13H18ClN3O/c1-8-5-6-11-13(15-8)17(7-9(2)18-4)12(16-11)10(3)14/h5-6,9-10H,7H2,1-4H3. The largest absolute Gasteiger partial charge is 0.380 e. The molecule has 0 aliphatic carbocycles. The first-order chi connectivity index (χ1) is 8.52. The molecule has 2 heterocycles. The Morgan fingerprint density at radius 1 is 1.33 bits per heavy atom. The van der Waals surface area contributed by atoms with Gasteiger partial charge in [-0.15, -0.1) is 11.6 Å². The van der Waals surface area contributed by atoms with Crippen LogP contribution in [0.15, 0.2) is 12.1 Å². The van der Waals surface area contributed by atoms with Gasteiger partial charge in [-0.3, -0.25) is 0 Å². The molecule has 4 nitrogen and oxygen atoms in total. The molecule has 0 aliphatic rings. The fraction of sp³-hybridized carbons (Fsp3) is 0.538. The van der Waals surface area contributed by atoms with Crippen molar-refractivity contribution in [3.05, 3.63) is 23.7 Å². The van der Waals surface area contributed by atoms with E-state index in [1.165, 1.54) is 0 Å². The highest BCUT2D eigenvalue weighted by atomic mass is 35.5. The average Bonchev–Trinajstić information content (AvgIpc) is 2.67. The molecule has 0 radical (unpaired) electrons. The molecular formula is C13H18ClN3O. The van der Waals surface area contributed by atoms with Crippen LogP contribution in [0.25, 0.3) is 11.2 Å². The first-order valence-corrected chi connectivity index (χ1v) is 6.47. The number of fused-ring (bicyclic) bond motifs is 1. The van der Waals surface area contributed by atoms with E-state index >= 15 is 0 Å². The monoisotopic (exact) mass is 267 g/mol. The highest BCUT2D eigenvalue weighted by molar-refractivity contribution is 6.20. The topological polar surface area (TPSA) is 39.9 Å². The molecule has 2 aromatic rings. The molecule has 0 saturated heterocycles. The van der Waals surface area contributed by atoms with E-state index in [4.69, 9.17) is 16.3 Å². The van der Waals surface area contributed by atoms with E-state index in [-0.39, 0.29) is 11.5 Å². The summed E-state index contributed by atoms with van der Waals surface area (Å²) in [6.45, 7) is 6.62. The molecule has 2 atom stereocenters. The number of hydrogen-bond acceptors (Lipinski definition) is 3. The summed E-state index contributed by atoms with van der Waals surface area (Å²) in [5.41, 5.74) is 2.73. The van der Waals surface area contributed by atoms with Crippen LogP contribution in [0.4, 0.5) is 0 Å². The van der Waals surface area contributed by atoms with Crippen molar-refractivity contribution in [2.75, 3.05) is 7.11 Å². The minimum Gasteiger partial charge on any atom is -0.380 e. The summed E-state index contributed by atoms with van der Waals surface area (Å²) in [7, 11) is 1.70. The zero-order chi connectivity index (χ0) is 13.3. The Hall–Kier alpha value is -1.13. The molecule has 0 fully saturated rings. The van der Waals surface area contributed by atoms with Crippen molar-refractivity contribution in [3.8, 4) is 0 Å². The zero-order valence-electron chi connectivity index (χ0n) is 11.1. The predicted octanol–water partition coefficient (Wildman–Crippen LogP) is 3.07. The summed E-state index contributed by atoms with van der Waals surface area (Å²) < 4.78 is 7.37. The molecule has 2 aromatic heterocycles. The Kier molecular flexibility index (Phi) is 3.88. The average molecular weight is 268 g/mol. The Morgan fingerprint density at radius 2 is 2.06 bits per heavy atom. The number of aryl methyl sites for hydroxylation is 1. The van der Waals surface area contributed by atoms with Gasteiger partial charge in [0, 0.05) is 12.8 Å². The summed E-state index contributed by atoms with van der Waals surface area (Å²) in [4.78, 5) is 9.11. The van der Waals surface area contributed by atoms with Crippen LogP contribution in [0.1, 0.15) is 30.7 Å². The van der Waals surface area contributed by atoms with E-state index in [0.717, 1.165) is 22.7 Å². The van der Waals surface area contributed by atoms with Crippen molar-refractivity contribution in [1.82, 2.24) is 14.5 Å². The van der Waals surface area contributed by atoms with Crippen molar-refractivity contribution in [2.45, 2.75) is 38.8 Å². The Morgan fingerprint density at radius 3 is 2.67 bits per heavy atom. The molecule has 98 valence electrons. The van der Waals surface area contributed by atoms with Gasteiger partial charge in [-0.2, -0.15) is 0 Å². The van der Waals surface area contributed by atoms with E-state index < -0.39 is 0 Å². The van der Waals surface area contributed by atoms with Crippen LogP contribution >= 0.6 is 11.6 Å². The lowest BCUT2D eigenvalue weighted by Gasteiger charge is -2.14. The SMILES string of the molecule is COC(C)Cn1c(C(C)Cl)nc2ccc(C)nc21. The summed E-state index contributed by atoms with van der Waals surface area (Å²) in [5.74, 6) is 0.841. The fourth-order valence-electron chi connectivity index (χ4n) is 1.93. The van der Waals surface area contributed by atoms with Crippen LogP contribution in [0.5, 0.6) is 0 Å². The molecule has 0 bridgehead atoms. The maximum Gasteiger partial charge on any atom is 0.160 e. The first kappa shape index (κ1) is 13.3. The van der Waals surface area contributed by atoms with Gasteiger partial charge in [-0.1, -0.05) is 0 Å². The summed E-state index contributed by atoms with van der Waals surface area (Å²) in [6, 6.07) is 3.94. The summed E-state index contributed by atoms with van der Waals surface area (Å²) in [5, 5.41) is -0.149.